The minimum Gasteiger partial charge on any atom is -0.497 e. The van der Waals surface area contributed by atoms with Crippen LogP contribution in [0, 0.1) is 0 Å². The molecule has 0 aromatic heterocycles. The lowest BCUT2D eigenvalue weighted by atomic mass is 10.1. The van der Waals surface area contributed by atoms with Gasteiger partial charge in [-0.25, -0.2) is 0 Å². The van der Waals surface area contributed by atoms with Crippen LogP contribution < -0.4 is 9.47 Å². The van der Waals surface area contributed by atoms with Gasteiger partial charge < -0.3 is 9.47 Å². The Bertz CT molecular complexity index is 257. The maximum atomic E-state index is 5.46. The van der Waals surface area contributed by atoms with Gasteiger partial charge in [-0.2, -0.15) is 0 Å². The van der Waals surface area contributed by atoms with Gasteiger partial charge in [0.2, 0.25) is 0 Å². The van der Waals surface area contributed by atoms with E-state index in [4.69, 9.17) is 9.47 Å². The van der Waals surface area contributed by atoms with Crippen molar-refractivity contribution in [1.29, 1.82) is 0 Å². The number of ether oxygens (including phenoxy) is 2. The van der Waals surface area contributed by atoms with Crippen molar-refractivity contribution in [1.82, 2.24) is 0 Å². The third-order valence-corrected chi connectivity index (χ3v) is 2.03. The maximum Gasteiger partial charge on any atom is 0.123 e. The molecule has 1 aromatic rings. The highest BCUT2D eigenvalue weighted by molar-refractivity contribution is 5.38. The molecule has 0 spiro atoms. The minimum absolute atomic E-state index is 0.693. The van der Waals surface area contributed by atoms with Crippen LogP contribution in [0.4, 0.5) is 0 Å². The van der Waals surface area contributed by atoms with E-state index < -0.39 is 0 Å². The summed E-state index contributed by atoms with van der Waals surface area (Å²) >= 11 is 0. The third kappa shape index (κ3) is 2.95. The Morgan fingerprint density at radius 2 is 1.79 bits per heavy atom. The van der Waals surface area contributed by atoms with Crippen molar-refractivity contribution < 1.29 is 9.47 Å². The van der Waals surface area contributed by atoms with E-state index in [1.165, 1.54) is 5.56 Å². The molecule has 0 bridgehead atoms. The second-order valence-electron chi connectivity index (χ2n) is 3.20. The second kappa shape index (κ2) is 5.53. The standard InChI is InChI=1S/C12H18O2/c1-4-6-10-7-11(13-3)9-12(8-10)14-5-2/h7-9H,4-6H2,1-3H3. The first-order valence-corrected chi connectivity index (χ1v) is 5.10. The van der Waals surface area contributed by atoms with Crippen LogP contribution in [-0.2, 0) is 6.42 Å². The average molecular weight is 194 g/mol. The number of aryl methyl sites for hydroxylation is 1. The minimum atomic E-state index is 0.693. The van der Waals surface area contributed by atoms with E-state index in [9.17, 15) is 0 Å². The SMILES string of the molecule is CCCc1cc(OC)cc(OCC)c1. The van der Waals surface area contributed by atoms with Crippen molar-refractivity contribution in [2.75, 3.05) is 13.7 Å². The zero-order valence-electron chi connectivity index (χ0n) is 9.17. The van der Waals surface area contributed by atoms with Gasteiger partial charge in [0.25, 0.3) is 0 Å². The fraction of sp³-hybridized carbons (Fsp3) is 0.500. The molecular weight excluding hydrogens is 176 g/mol. The van der Waals surface area contributed by atoms with Crippen molar-refractivity contribution in [2.24, 2.45) is 0 Å². The molecule has 0 heterocycles. The summed E-state index contributed by atoms with van der Waals surface area (Å²) in [6, 6.07) is 6.06. The molecule has 0 aliphatic carbocycles. The Hall–Kier alpha value is -1.18. The Labute approximate surface area is 85.8 Å². The van der Waals surface area contributed by atoms with Crippen LogP contribution in [0.25, 0.3) is 0 Å². The number of rotatable bonds is 5. The molecule has 0 fully saturated rings. The lowest BCUT2D eigenvalue weighted by Crippen LogP contribution is -1.94. The molecule has 14 heavy (non-hydrogen) atoms. The zero-order valence-corrected chi connectivity index (χ0v) is 9.17. The molecule has 0 aliphatic rings. The largest absolute Gasteiger partial charge is 0.497 e. The summed E-state index contributed by atoms with van der Waals surface area (Å²) in [5.41, 5.74) is 1.27. The van der Waals surface area contributed by atoms with Gasteiger partial charge in [0.15, 0.2) is 0 Å². The quantitative estimate of drug-likeness (QED) is 0.717. The second-order valence-corrected chi connectivity index (χ2v) is 3.20. The van der Waals surface area contributed by atoms with Crippen LogP contribution in [0.3, 0.4) is 0 Å². The van der Waals surface area contributed by atoms with Gasteiger partial charge in [-0.15, -0.1) is 0 Å². The molecule has 78 valence electrons. The first-order valence-electron chi connectivity index (χ1n) is 5.10. The molecule has 0 saturated heterocycles. The van der Waals surface area contributed by atoms with E-state index in [-0.39, 0.29) is 0 Å². The predicted octanol–water partition coefficient (Wildman–Crippen LogP) is 3.05. The molecule has 0 amide bonds. The van der Waals surface area contributed by atoms with Crippen LogP contribution >= 0.6 is 0 Å². The van der Waals surface area contributed by atoms with Crippen LogP contribution in [0.5, 0.6) is 11.5 Å². The lowest BCUT2D eigenvalue weighted by Gasteiger charge is -2.08. The van der Waals surface area contributed by atoms with E-state index >= 15 is 0 Å². The lowest BCUT2D eigenvalue weighted by molar-refractivity contribution is 0.335. The van der Waals surface area contributed by atoms with E-state index in [0.717, 1.165) is 24.3 Å². The summed E-state index contributed by atoms with van der Waals surface area (Å²) in [5.74, 6) is 1.77. The molecule has 0 aliphatic heterocycles. The molecule has 1 rings (SSSR count). The first kappa shape index (κ1) is 10.9. The number of benzene rings is 1. The van der Waals surface area contributed by atoms with Crippen molar-refractivity contribution in [2.45, 2.75) is 26.7 Å². The van der Waals surface area contributed by atoms with Gasteiger partial charge in [-0.1, -0.05) is 13.3 Å². The fourth-order valence-electron chi connectivity index (χ4n) is 1.43. The summed E-state index contributed by atoms with van der Waals surface area (Å²) in [6.45, 7) is 4.84. The average Bonchev–Trinajstić information content (AvgIpc) is 2.18. The Morgan fingerprint density at radius 3 is 2.36 bits per heavy atom. The van der Waals surface area contributed by atoms with Gasteiger partial charge in [0.1, 0.15) is 11.5 Å². The smallest absolute Gasteiger partial charge is 0.123 e. The fourth-order valence-corrected chi connectivity index (χ4v) is 1.43. The molecule has 0 saturated carbocycles. The van der Waals surface area contributed by atoms with Crippen molar-refractivity contribution in [3.63, 3.8) is 0 Å². The molecule has 0 atom stereocenters. The van der Waals surface area contributed by atoms with Gasteiger partial charge in [-0.3, -0.25) is 0 Å². The molecule has 2 nitrogen and oxygen atoms in total. The van der Waals surface area contributed by atoms with Gasteiger partial charge in [0, 0.05) is 6.07 Å². The van der Waals surface area contributed by atoms with Crippen LogP contribution in [0.15, 0.2) is 18.2 Å². The van der Waals surface area contributed by atoms with Crippen LogP contribution in [-0.4, -0.2) is 13.7 Å². The Balaban J connectivity index is 2.88. The summed E-state index contributed by atoms with van der Waals surface area (Å²) in [5, 5.41) is 0. The zero-order chi connectivity index (χ0) is 10.4. The molecule has 2 heteroatoms. The van der Waals surface area contributed by atoms with Gasteiger partial charge in [-0.05, 0) is 31.0 Å². The topological polar surface area (TPSA) is 18.5 Å². The molecule has 0 unspecified atom stereocenters. The number of hydrogen-bond acceptors (Lipinski definition) is 2. The summed E-state index contributed by atoms with van der Waals surface area (Å²) in [7, 11) is 1.68. The third-order valence-electron chi connectivity index (χ3n) is 2.03. The highest BCUT2D eigenvalue weighted by Gasteiger charge is 2.01. The Morgan fingerprint density at radius 1 is 1.07 bits per heavy atom. The molecule has 1 aromatic carbocycles. The summed E-state index contributed by atoms with van der Waals surface area (Å²) < 4.78 is 10.7. The van der Waals surface area contributed by atoms with E-state index in [2.05, 4.69) is 19.1 Å². The van der Waals surface area contributed by atoms with Gasteiger partial charge in [0.05, 0.1) is 13.7 Å². The van der Waals surface area contributed by atoms with Crippen LogP contribution in [0.2, 0.25) is 0 Å². The summed E-state index contributed by atoms with van der Waals surface area (Å²) in [4.78, 5) is 0. The molecule has 0 N–H and O–H groups in total. The van der Waals surface area contributed by atoms with E-state index in [1.54, 1.807) is 7.11 Å². The molecule has 0 radical (unpaired) electrons. The maximum absolute atomic E-state index is 5.46. The Kier molecular flexibility index (Phi) is 4.30. The summed E-state index contributed by atoms with van der Waals surface area (Å²) in [6.07, 6.45) is 2.20. The monoisotopic (exact) mass is 194 g/mol. The van der Waals surface area contributed by atoms with Gasteiger partial charge >= 0.3 is 0 Å². The van der Waals surface area contributed by atoms with Crippen molar-refractivity contribution in [3.8, 4) is 11.5 Å². The van der Waals surface area contributed by atoms with Crippen LogP contribution in [0.1, 0.15) is 25.8 Å². The number of methoxy groups -OCH3 is 1. The highest BCUT2D eigenvalue weighted by atomic mass is 16.5. The van der Waals surface area contributed by atoms with E-state index in [0.29, 0.717) is 6.61 Å². The predicted molar refractivity (Wildman–Crippen MR) is 58.2 cm³/mol. The highest BCUT2D eigenvalue weighted by Crippen LogP contribution is 2.23. The number of hydrogen-bond donors (Lipinski definition) is 0. The van der Waals surface area contributed by atoms with Crippen molar-refractivity contribution in [3.05, 3.63) is 23.8 Å². The molecular formula is C12H18O2. The van der Waals surface area contributed by atoms with E-state index in [1.807, 2.05) is 13.0 Å². The normalized spacial score (nSPS) is 9.93. The first-order chi connectivity index (χ1) is 6.80. The van der Waals surface area contributed by atoms with Crippen molar-refractivity contribution >= 4 is 0 Å².